The summed E-state index contributed by atoms with van der Waals surface area (Å²) in [4.78, 5) is 22.9. The van der Waals surface area contributed by atoms with Gasteiger partial charge in [-0.1, -0.05) is 30.3 Å². The Hall–Kier alpha value is -2.49. The molecule has 1 aliphatic carbocycles. The van der Waals surface area contributed by atoms with Gasteiger partial charge >= 0.3 is 6.18 Å². The van der Waals surface area contributed by atoms with Crippen LogP contribution in [-0.2, 0) is 39.8 Å². The van der Waals surface area contributed by atoms with Crippen molar-refractivity contribution >= 4 is 5.91 Å². The highest BCUT2D eigenvalue weighted by Crippen LogP contribution is 2.54. The van der Waals surface area contributed by atoms with Crippen LogP contribution in [0.15, 0.2) is 42.6 Å². The van der Waals surface area contributed by atoms with Gasteiger partial charge in [0.2, 0.25) is 5.91 Å². The average molecular weight is 572 g/mol. The molecule has 1 amide bonds. The Morgan fingerprint density at radius 3 is 2.85 bits per heavy atom. The summed E-state index contributed by atoms with van der Waals surface area (Å²) in [5.74, 6) is 1.22. The number of carbonyl (C=O) groups excluding carboxylic acids is 1. The number of hydrogen-bond donors (Lipinski definition) is 0. The van der Waals surface area contributed by atoms with Gasteiger partial charge in [0.1, 0.15) is 0 Å². The first kappa shape index (κ1) is 28.6. The minimum absolute atomic E-state index is 0.0899. The topological polar surface area (TPSA) is 54.9 Å². The SMILES string of the molecule is COC1COCCC1C[C@@H]1C[C@H]2CN(CCc3ccccc3)C[C@@]2(C(=O)N2CCc3ncc(C(F)(F)F)cc3C2)C1. The molecule has 4 heterocycles. The van der Waals surface area contributed by atoms with E-state index in [2.05, 4.69) is 34.1 Å². The van der Waals surface area contributed by atoms with Gasteiger partial charge in [-0.3, -0.25) is 9.78 Å². The van der Waals surface area contributed by atoms with Crippen molar-refractivity contribution in [3.63, 3.8) is 0 Å². The predicted molar refractivity (Wildman–Crippen MR) is 148 cm³/mol. The molecule has 0 N–H and O–H groups in total. The molecule has 5 atom stereocenters. The number of alkyl halides is 3. The average Bonchev–Trinajstić information content (AvgIpc) is 3.49. The third-order valence-electron chi connectivity index (χ3n) is 10.1. The van der Waals surface area contributed by atoms with Gasteiger partial charge in [-0.05, 0) is 67.1 Å². The molecule has 2 saturated heterocycles. The molecule has 2 unspecified atom stereocenters. The van der Waals surface area contributed by atoms with Crippen molar-refractivity contribution < 1.29 is 27.4 Å². The molecule has 6 nitrogen and oxygen atoms in total. The van der Waals surface area contributed by atoms with Crippen LogP contribution in [0.5, 0.6) is 0 Å². The van der Waals surface area contributed by atoms with Gasteiger partial charge in [0.15, 0.2) is 0 Å². The van der Waals surface area contributed by atoms with Crippen molar-refractivity contribution in [1.29, 1.82) is 0 Å². The Kier molecular flexibility index (Phi) is 8.13. The fraction of sp³-hybridized carbons (Fsp3) is 0.625. The smallest absolute Gasteiger partial charge is 0.379 e. The number of aromatic nitrogens is 1. The van der Waals surface area contributed by atoms with E-state index in [1.165, 1.54) is 11.6 Å². The number of fused-ring (bicyclic) bond motifs is 2. The minimum Gasteiger partial charge on any atom is -0.379 e. The zero-order valence-electron chi connectivity index (χ0n) is 23.7. The summed E-state index contributed by atoms with van der Waals surface area (Å²) in [6.07, 6.45) is 1.80. The van der Waals surface area contributed by atoms with Crippen molar-refractivity contribution in [2.24, 2.45) is 23.2 Å². The zero-order chi connectivity index (χ0) is 28.6. The fourth-order valence-corrected chi connectivity index (χ4v) is 8.01. The third-order valence-corrected chi connectivity index (χ3v) is 10.1. The summed E-state index contributed by atoms with van der Waals surface area (Å²) in [5.41, 5.74) is 1.22. The number of amides is 1. The molecule has 0 radical (unpaired) electrons. The van der Waals surface area contributed by atoms with Crippen LogP contribution in [0.4, 0.5) is 13.2 Å². The number of likely N-dealkylation sites (tertiary alicyclic amines) is 1. The summed E-state index contributed by atoms with van der Waals surface area (Å²) in [5, 5.41) is 0. The van der Waals surface area contributed by atoms with Gasteiger partial charge in [0, 0.05) is 64.8 Å². The number of ether oxygens (including phenoxy) is 2. The molecule has 1 aromatic carbocycles. The largest absolute Gasteiger partial charge is 0.417 e. The van der Waals surface area contributed by atoms with Crippen LogP contribution in [0.3, 0.4) is 0 Å². The van der Waals surface area contributed by atoms with Gasteiger partial charge in [-0.25, -0.2) is 0 Å². The predicted octanol–water partition coefficient (Wildman–Crippen LogP) is 5.00. The number of pyridine rings is 1. The van der Waals surface area contributed by atoms with Gasteiger partial charge in [-0.15, -0.1) is 0 Å². The highest BCUT2D eigenvalue weighted by Gasteiger charge is 2.58. The van der Waals surface area contributed by atoms with E-state index in [1.807, 2.05) is 11.0 Å². The maximum absolute atomic E-state index is 14.5. The number of rotatable bonds is 7. The number of nitrogens with zero attached hydrogens (tertiary/aromatic N) is 3. The van der Waals surface area contributed by atoms with Crippen LogP contribution in [0, 0.1) is 23.2 Å². The number of benzene rings is 1. The van der Waals surface area contributed by atoms with E-state index in [0.717, 1.165) is 58.0 Å². The lowest BCUT2D eigenvalue weighted by Gasteiger charge is -2.37. The molecule has 9 heteroatoms. The molecule has 4 aliphatic rings. The van der Waals surface area contributed by atoms with Crippen molar-refractivity contribution in [1.82, 2.24) is 14.8 Å². The molecule has 1 aromatic heterocycles. The molecular weight excluding hydrogens is 531 g/mol. The monoisotopic (exact) mass is 571 g/mol. The van der Waals surface area contributed by atoms with E-state index in [4.69, 9.17) is 9.47 Å². The van der Waals surface area contributed by atoms with E-state index < -0.39 is 17.2 Å². The molecule has 222 valence electrons. The molecule has 3 fully saturated rings. The summed E-state index contributed by atoms with van der Waals surface area (Å²) >= 11 is 0. The normalized spacial score (nSPS) is 30.3. The second kappa shape index (κ2) is 11.7. The maximum Gasteiger partial charge on any atom is 0.417 e. The number of hydrogen-bond acceptors (Lipinski definition) is 5. The lowest BCUT2D eigenvalue weighted by molar-refractivity contribution is -0.144. The van der Waals surface area contributed by atoms with Crippen molar-refractivity contribution in [3.8, 4) is 0 Å². The van der Waals surface area contributed by atoms with Gasteiger partial charge < -0.3 is 19.3 Å². The summed E-state index contributed by atoms with van der Waals surface area (Å²) in [6.45, 7) is 4.56. The lowest BCUT2D eigenvalue weighted by Crippen LogP contribution is -2.48. The van der Waals surface area contributed by atoms with Crippen molar-refractivity contribution in [2.45, 2.75) is 57.3 Å². The van der Waals surface area contributed by atoms with E-state index in [1.54, 1.807) is 7.11 Å². The Bertz CT molecular complexity index is 1230. The summed E-state index contributed by atoms with van der Waals surface area (Å²) in [6, 6.07) is 11.6. The molecule has 0 bridgehead atoms. The zero-order valence-corrected chi connectivity index (χ0v) is 23.7. The number of halogens is 3. The van der Waals surface area contributed by atoms with Crippen molar-refractivity contribution in [2.75, 3.05) is 46.5 Å². The van der Waals surface area contributed by atoms with E-state index in [-0.39, 0.29) is 24.5 Å². The van der Waals surface area contributed by atoms with Crippen LogP contribution in [0.2, 0.25) is 0 Å². The second-order valence-corrected chi connectivity index (χ2v) is 12.6. The highest BCUT2D eigenvalue weighted by molar-refractivity contribution is 5.84. The molecule has 0 spiro atoms. The Balaban J connectivity index is 1.21. The molecule has 1 saturated carbocycles. The van der Waals surface area contributed by atoms with Crippen molar-refractivity contribution in [3.05, 3.63) is 65.0 Å². The first-order chi connectivity index (χ1) is 19.7. The van der Waals surface area contributed by atoms with Crippen LogP contribution < -0.4 is 0 Å². The van der Waals surface area contributed by atoms with Crippen LogP contribution in [-0.4, -0.2) is 73.3 Å². The van der Waals surface area contributed by atoms with Crippen LogP contribution in [0.25, 0.3) is 0 Å². The standard InChI is InChI=1S/C32H40F3N3O3/c1-40-29-20-41-12-9-24(29)13-23-14-27-19-37(10-7-22-5-3-2-4-6-22)21-31(27,16-23)30(39)38-11-8-28-25(18-38)15-26(17-36-28)32(33,34)35/h2-6,15,17,23-24,27,29H,7-14,16,18-21H2,1H3/t23-,24?,27+,29?,31+/m1/s1. The van der Waals surface area contributed by atoms with E-state index >= 15 is 0 Å². The molecule has 41 heavy (non-hydrogen) atoms. The quantitative estimate of drug-likeness (QED) is 0.469. The number of carbonyl (C=O) groups is 1. The number of methoxy groups -OCH3 is 1. The third kappa shape index (κ3) is 5.90. The Labute approximate surface area is 240 Å². The molecule has 6 rings (SSSR count). The Morgan fingerprint density at radius 2 is 2.07 bits per heavy atom. The summed E-state index contributed by atoms with van der Waals surface area (Å²) in [7, 11) is 1.75. The highest BCUT2D eigenvalue weighted by atomic mass is 19.4. The lowest BCUT2D eigenvalue weighted by atomic mass is 9.78. The molecule has 3 aliphatic heterocycles. The van der Waals surface area contributed by atoms with Crippen LogP contribution >= 0.6 is 0 Å². The van der Waals surface area contributed by atoms with Crippen LogP contribution in [0.1, 0.15) is 48.1 Å². The molecular formula is C32H40F3N3O3. The fourth-order valence-electron chi connectivity index (χ4n) is 8.01. The van der Waals surface area contributed by atoms with E-state index in [9.17, 15) is 18.0 Å². The molecule has 2 aromatic rings. The van der Waals surface area contributed by atoms with Gasteiger partial charge in [0.25, 0.3) is 0 Å². The second-order valence-electron chi connectivity index (χ2n) is 12.6. The maximum atomic E-state index is 14.5. The Morgan fingerprint density at radius 1 is 1.24 bits per heavy atom. The first-order valence-electron chi connectivity index (χ1n) is 15.0. The van der Waals surface area contributed by atoms with Gasteiger partial charge in [0.05, 0.1) is 23.7 Å². The van der Waals surface area contributed by atoms with E-state index in [0.29, 0.717) is 49.2 Å². The summed E-state index contributed by atoms with van der Waals surface area (Å²) < 4.78 is 51.6. The minimum atomic E-state index is -4.45. The first-order valence-corrected chi connectivity index (χ1v) is 15.0. The van der Waals surface area contributed by atoms with Gasteiger partial charge in [-0.2, -0.15) is 13.2 Å².